The van der Waals surface area contributed by atoms with Crippen molar-refractivity contribution in [2.75, 3.05) is 0 Å². The van der Waals surface area contributed by atoms with E-state index >= 15 is 0 Å². The van der Waals surface area contributed by atoms with Crippen LogP contribution >= 0.6 is 0 Å². The number of nitrogens with zero attached hydrogens (tertiary/aromatic N) is 2. The van der Waals surface area contributed by atoms with Crippen LogP contribution in [0.3, 0.4) is 0 Å². The molecule has 2 aromatic carbocycles. The number of nitro benzene ring substituents is 1. The van der Waals surface area contributed by atoms with Crippen LogP contribution in [-0.2, 0) is 9.53 Å². The second-order valence-electron chi connectivity index (χ2n) is 5.85. The summed E-state index contributed by atoms with van der Waals surface area (Å²) in [7, 11) is 0. The molecule has 2 aromatic rings. The molecular weight excluding hydrogens is 344 g/mol. The van der Waals surface area contributed by atoms with Gasteiger partial charge in [0.15, 0.2) is 5.70 Å². The summed E-state index contributed by atoms with van der Waals surface area (Å²) >= 11 is 0. The number of nitro groups is 1. The third-order valence-corrected chi connectivity index (χ3v) is 3.69. The van der Waals surface area contributed by atoms with Crippen molar-refractivity contribution in [3.8, 4) is 0 Å². The van der Waals surface area contributed by atoms with Crippen molar-refractivity contribution in [1.29, 1.82) is 0 Å². The molecule has 6 heteroatoms. The minimum atomic E-state index is -0.533. The number of benzene rings is 2. The molecule has 0 spiro atoms. The average Bonchev–Trinajstić information content (AvgIpc) is 3.00. The Labute approximate surface area is 156 Å². The molecule has 0 aromatic heterocycles. The van der Waals surface area contributed by atoms with Gasteiger partial charge in [0.1, 0.15) is 0 Å². The minimum Gasteiger partial charge on any atom is -0.403 e. The fourth-order valence-electron chi connectivity index (χ4n) is 2.48. The summed E-state index contributed by atoms with van der Waals surface area (Å²) in [5.74, 6) is -0.389. The van der Waals surface area contributed by atoms with Crippen molar-refractivity contribution in [3.05, 3.63) is 99.3 Å². The largest absolute Gasteiger partial charge is 0.403 e. The Bertz CT molecular complexity index is 1000. The molecule has 27 heavy (non-hydrogen) atoms. The van der Waals surface area contributed by atoms with E-state index in [0.717, 1.165) is 11.1 Å². The Hall–Kier alpha value is -3.80. The molecule has 6 nitrogen and oxygen atoms in total. The summed E-state index contributed by atoms with van der Waals surface area (Å²) in [6.45, 7) is 1.87. The second-order valence-corrected chi connectivity index (χ2v) is 5.85. The second kappa shape index (κ2) is 8.05. The lowest BCUT2D eigenvalue weighted by Crippen LogP contribution is -2.01. The molecular formula is C21H16N2O4. The van der Waals surface area contributed by atoms with Crippen LogP contribution in [0.2, 0.25) is 0 Å². The first-order valence-electron chi connectivity index (χ1n) is 8.20. The maximum atomic E-state index is 12.0. The van der Waals surface area contributed by atoms with Crippen LogP contribution < -0.4 is 0 Å². The fourth-order valence-corrected chi connectivity index (χ4v) is 2.48. The zero-order chi connectivity index (χ0) is 19.2. The lowest BCUT2D eigenvalue weighted by molar-refractivity contribution is -0.384. The van der Waals surface area contributed by atoms with Crippen LogP contribution in [0.4, 0.5) is 5.69 Å². The number of ether oxygens (including phenoxy) is 1. The summed E-state index contributed by atoms with van der Waals surface area (Å²) in [5, 5.41) is 10.8. The first-order chi connectivity index (χ1) is 13.0. The average molecular weight is 360 g/mol. The van der Waals surface area contributed by atoms with E-state index in [4.69, 9.17) is 4.74 Å². The van der Waals surface area contributed by atoms with Gasteiger partial charge in [0.25, 0.3) is 5.69 Å². The van der Waals surface area contributed by atoms with Crippen LogP contribution in [0.1, 0.15) is 18.1 Å². The first-order valence-corrected chi connectivity index (χ1v) is 8.20. The molecule has 0 amide bonds. The molecule has 0 N–H and O–H groups in total. The van der Waals surface area contributed by atoms with Crippen molar-refractivity contribution in [3.63, 3.8) is 0 Å². The van der Waals surface area contributed by atoms with Gasteiger partial charge in [-0.25, -0.2) is 9.79 Å². The van der Waals surface area contributed by atoms with Gasteiger partial charge in [-0.3, -0.25) is 10.1 Å². The SMILES string of the molecule is CC(=C\c1ccccc1)/C=C1N=C(/C=C\c2cccc([N+](=O)[O-])c2)OC/1=O. The number of allylic oxidation sites excluding steroid dienone is 2. The van der Waals surface area contributed by atoms with Crippen molar-refractivity contribution >= 4 is 29.7 Å². The van der Waals surface area contributed by atoms with Crippen LogP contribution in [0, 0.1) is 10.1 Å². The standard InChI is InChI=1S/C21H16N2O4/c1-15(12-16-6-3-2-4-7-16)13-19-21(24)27-20(22-19)11-10-17-8-5-9-18(14-17)23(25)26/h2-14H,1H3/b11-10-,15-12+,19-13+. The number of rotatable bonds is 5. The van der Waals surface area contributed by atoms with E-state index in [1.54, 1.807) is 24.3 Å². The molecule has 0 radical (unpaired) electrons. The van der Waals surface area contributed by atoms with Gasteiger partial charge in [-0.05, 0) is 35.8 Å². The Morgan fingerprint density at radius 2 is 1.81 bits per heavy atom. The number of non-ortho nitro benzene ring substituents is 1. The summed E-state index contributed by atoms with van der Waals surface area (Å²) in [6.07, 6.45) is 6.71. The number of esters is 1. The number of hydrogen-bond acceptors (Lipinski definition) is 5. The lowest BCUT2D eigenvalue weighted by atomic mass is 10.1. The number of aliphatic imine (C=N–C) groups is 1. The first kappa shape index (κ1) is 18.0. The Balaban J connectivity index is 1.77. The molecule has 3 rings (SSSR count). The Morgan fingerprint density at radius 1 is 1.07 bits per heavy atom. The molecule has 0 saturated carbocycles. The molecule has 0 saturated heterocycles. The zero-order valence-electron chi connectivity index (χ0n) is 14.5. The van der Waals surface area contributed by atoms with E-state index in [1.807, 2.05) is 43.3 Å². The van der Waals surface area contributed by atoms with Crippen LogP contribution in [-0.4, -0.2) is 16.8 Å². The summed E-state index contributed by atoms with van der Waals surface area (Å²) in [6, 6.07) is 15.9. The molecule has 0 fully saturated rings. The number of carbonyl (C=O) groups excluding carboxylic acids is 1. The maximum Gasteiger partial charge on any atom is 0.363 e. The van der Waals surface area contributed by atoms with Gasteiger partial charge in [0.05, 0.1) is 4.92 Å². The summed E-state index contributed by atoms with van der Waals surface area (Å²) < 4.78 is 5.12. The molecule has 0 bridgehead atoms. The van der Waals surface area contributed by atoms with Gasteiger partial charge in [0, 0.05) is 18.2 Å². The van der Waals surface area contributed by atoms with Crippen LogP contribution in [0.5, 0.6) is 0 Å². The number of hydrogen-bond donors (Lipinski definition) is 0. The zero-order valence-corrected chi connectivity index (χ0v) is 14.5. The van der Waals surface area contributed by atoms with E-state index in [0.29, 0.717) is 5.56 Å². The van der Waals surface area contributed by atoms with Gasteiger partial charge < -0.3 is 4.74 Å². The Morgan fingerprint density at radius 3 is 2.56 bits per heavy atom. The molecule has 1 heterocycles. The smallest absolute Gasteiger partial charge is 0.363 e. The quantitative estimate of drug-likeness (QED) is 0.339. The summed E-state index contributed by atoms with van der Waals surface area (Å²) in [4.78, 5) is 26.5. The number of cyclic esters (lactones) is 1. The van der Waals surface area contributed by atoms with Gasteiger partial charge in [-0.2, -0.15) is 0 Å². The summed E-state index contributed by atoms with van der Waals surface area (Å²) in [5.41, 5.74) is 2.69. The predicted octanol–water partition coefficient (Wildman–Crippen LogP) is 4.55. The van der Waals surface area contributed by atoms with Gasteiger partial charge >= 0.3 is 5.97 Å². The topological polar surface area (TPSA) is 81.8 Å². The monoisotopic (exact) mass is 360 g/mol. The molecule has 0 unspecified atom stereocenters. The highest BCUT2D eigenvalue weighted by atomic mass is 16.6. The van der Waals surface area contributed by atoms with Crippen LogP contribution in [0.25, 0.3) is 12.2 Å². The molecule has 1 aliphatic heterocycles. The highest BCUT2D eigenvalue weighted by Crippen LogP contribution is 2.18. The molecule has 1 aliphatic rings. The molecule has 0 aliphatic carbocycles. The predicted molar refractivity (Wildman–Crippen MR) is 104 cm³/mol. The highest BCUT2D eigenvalue weighted by molar-refractivity contribution is 6.10. The van der Waals surface area contributed by atoms with Crippen molar-refractivity contribution in [2.45, 2.75) is 6.92 Å². The van der Waals surface area contributed by atoms with E-state index in [2.05, 4.69) is 4.99 Å². The third-order valence-electron chi connectivity index (χ3n) is 3.69. The number of carbonyl (C=O) groups is 1. The van der Waals surface area contributed by atoms with E-state index < -0.39 is 10.9 Å². The van der Waals surface area contributed by atoms with Crippen molar-refractivity contribution in [2.24, 2.45) is 4.99 Å². The minimum absolute atomic E-state index is 0.00948. The Kier molecular flexibility index (Phi) is 5.37. The van der Waals surface area contributed by atoms with Crippen LogP contribution in [0.15, 0.2) is 83.0 Å². The van der Waals surface area contributed by atoms with E-state index in [9.17, 15) is 14.9 Å². The van der Waals surface area contributed by atoms with E-state index in [1.165, 1.54) is 18.2 Å². The molecule has 134 valence electrons. The fraction of sp³-hybridized carbons (Fsp3) is 0.0476. The normalized spacial score (nSPS) is 15.9. The van der Waals surface area contributed by atoms with Crippen molar-refractivity contribution in [1.82, 2.24) is 0 Å². The third kappa shape index (κ3) is 4.85. The lowest BCUT2D eigenvalue weighted by Gasteiger charge is -1.95. The van der Waals surface area contributed by atoms with Crippen molar-refractivity contribution < 1.29 is 14.5 Å². The van der Waals surface area contributed by atoms with Gasteiger partial charge in [0.2, 0.25) is 5.90 Å². The van der Waals surface area contributed by atoms with Gasteiger partial charge in [-0.1, -0.05) is 48.5 Å². The van der Waals surface area contributed by atoms with Gasteiger partial charge in [-0.15, -0.1) is 0 Å². The maximum absolute atomic E-state index is 12.0. The van der Waals surface area contributed by atoms with E-state index in [-0.39, 0.29) is 17.3 Å². The molecule has 0 atom stereocenters. The highest BCUT2D eigenvalue weighted by Gasteiger charge is 2.21.